The number of carbonyl (C=O) groups excluding carboxylic acids is 3. The van der Waals surface area contributed by atoms with Crippen LogP contribution in [-0.2, 0) is 33.3 Å². The van der Waals surface area contributed by atoms with Crippen LogP contribution in [0.15, 0.2) is 158 Å². The Hall–Kier alpha value is -5.09. The molecule has 0 fully saturated rings. The van der Waals surface area contributed by atoms with E-state index in [0.29, 0.717) is 17.4 Å². The average molecular weight is 1160 g/mol. The van der Waals surface area contributed by atoms with Crippen LogP contribution in [0.4, 0.5) is 0 Å². The summed E-state index contributed by atoms with van der Waals surface area (Å²) in [6.45, 7) is 4.58. The van der Waals surface area contributed by atoms with Crippen molar-refractivity contribution in [3.05, 3.63) is 158 Å². The highest BCUT2D eigenvalue weighted by molar-refractivity contribution is 5.70. The number of unbranched alkanes of at least 4 members (excludes halogenated alkanes) is 18. The van der Waals surface area contributed by atoms with Crippen molar-refractivity contribution in [2.24, 2.45) is 0 Å². The molecule has 0 saturated heterocycles. The highest BCUT2D eigenvalue weighted by atomic mass is 16.7. The molecule has 0 heterocycles. The van der Waals surface area contributed by atoms with Crippen LogP contribution < -0.4 is 5.11 Å². The molecule has 0 radical (unpaired) electrons. The number of carboxylic acid groups (broad SMARTS) is 1. The molecule has 0 aromatic carbocycles. The van der Waals surface area contributed by atoms with Gasteiger partial charge in [0.25, 0.3) is 0 Å². The van der Waals surface area contributed by atoms with Crippen molar-refractivity contribution >= 4 is 17.9 Å². The first-order chi connectivity index (χ1) is 41.1. The van der Waals surface area contributed by atoms with Crippen LogP contribution in [0.25, 0.3) is 0 Å². The third kappa shape index (κ3) is 64.5. The van der Waals surface area contributed by atoms with E-state index < -0.39 is 24.3 Å². The third-order valence-electron chi connectivity index (χ3n) is 13.5. The van der Waals surface area contributed by atoms with E-state index in [9.17, 15) is 19.5 Å². The second-order valence-corrected chi connectivity index (χ2v) is 22.7. The number of rotatable bonds is 59. The van der Waals surface area contributed by atoms with E-state index >= 15 is 0 Å². The van der Waals surface area contributed by atoms with Crippen molar-refractivity contribution in [3.8, 4) is 0 Å². The van der Waals surface area contributed by atoms with Gasteiger partial charge in [-0.1, -0.05) is 255 Å². The fraction of sp³-hybridized carbons (Fsp3) is 0.613. The van der Waals surface area contributed by atoms with Crippen molar-refractivity contribution < 1.29 is 42.9 Å². The maximum absolute atomic E-state index is 12.9. The maximum atomic E-state index is 12.9. The summed E-state index contributed by atoms with van der Waals surface area (Å²) in [6.07, 6.45) is 91.6. The highest BCUT2D eigenvalue weighted by Crippen LogP contribution is 2.14. The monoisotopic (exact) mass is 1160 g/mol. The smallest absolute Gasteiger partial charge is 0.306 e. The van der Waals surface area contributed by atoms with Gasteiger partial charge in [0.2, 0.25) is 0 Å². The van der Waals surface area contributed by atoms with Gasteiger partial charge in [-0.3, -0.25) is 9.59 Å². The van der Waals surface area contributed by atoms with Crippen LogP contribution >= 0.6 is 0 Å². The van der Waals surface area contributed by atoms with Gasteiger partial charge in [0, 0.05) is 12.8 Å². The number of likely N-dealkylation sites (N-methyl/N-ethyl adjacent to an activating group) is 1. The van der Waals surface area contributed by atoms with Crippen LogP contribution in [0.1, 0.15) is 239 Å². The molecule has 0 aromatic heterocycles. The molecule has 0 bridgehead atoms. The van der Waals surface area contributed by atoms with Gasteiger partial charge in [0.05, 0.1) is 40.3 Å². The van der Waals surface area contributed by atoms with Gasteiger partial charge in [-0.2, -0.15) is 0 Å². The highest BCUT2D eigenvalue weighted by Gasteiger charge is 2.22. The number of nitrogens with zero attached hydrogens (tertiary/aromatic N) is 1. The average Bonchev–Trinajstić information content (AvgIpc) is 3.52. The normalized spacial score (nSPS) is 13.8. The summed E-state index contributed by atoms with van der Waals surface area (Å²) in [6, 6.07) is 0. The summed E-state index contributed by atoms with van der Waals surface area (Å²) in [4.78, 5) is 37.4. The molecule has 9 heteroatoms. The van der Waals surface area contributed by atoms with E-state index in [1.54, 1.807) is 0 Å². The maximum Gasteiger partial charge on any atom is 0.306 e. The van der Waals surface area contributed by atoms with Crippen LogP contribution in [0.2, 0.25) is 0 Å². The Morgan fingerprint density at radius 1 is 0.369 bits per heavy atom. The van der Waals surface area contributed by atoms with Crippen LogP contribution in [0.5, 0.6) is 0 Å². The Kier molecular flexibility index (Phi) is 60.0. The number of esters is 2. The van der Waals surface area contributed by atoms with E-state index in [1.807, 2.05) is 21.1 Å². The lowest BCUT2D eigenvalue weighted by molar-refractivity contribution is -0.870. The van der Waals surface area contributed by atoms with E-state index in [-0.39, 0.29) is 38.6 Å². The van der Waals surface area contributed by atoms with Crippen LogP contribution in [0.3, 0.4) is 0 Å². The van der Waals surface area contributed by atoms with Gasteiger partial charge >= 0.3 is 11.9 Å². The van der Waals surface area contributed by atoms with Gasteiger partial charge in [0.1, 0.15) is 13.2 Å². The molecule has 0 saturated carbocycles. The molecule has 0 amide bonds. The number of carbonyl (C=O) groups is 3. The molecule has 0 aromatic rings. The molecule has 2 unspecified atom stereocenters. The molecule has 2 atom stereocenters. The van der Waals surface area contributed by atoms with E-state index in [4.69, 9.17) is 18.9 Å². The van der Waals surface area contributed by atoms with Gasteiger partial charge in [0.15, 0.2) is 12.4 Å². The quantitative estimate of drug-likeness (QED) is 0.0195. The first kappa shape index (κ1) is 78.9. The summed E-state index contributed by atoms with van der Waals surface area (Å²) >= 11 is 0. The standard InChI is InChI=1S/C75H121NO8/c1-6-8-10-12-14-16-18-20-22-24-26-27-28-29-30-31-32-33-34-35-36-37-38-39-40-41-42-43-44-45-46-47-48-50-52-54-56-58-60-62-64-66-73(78)84-71(70-83-75(74(79)80)81-68-67-76(3,4)5)69-82-72(77)65-63-61-59-57-55-53-51-49-25-23-21-19-17-15-13-11-9-7-2/h8,10,14,16-17,19-20,22-23,25-27,29-30,32-33,35-36,38-39,41-42,44-45,47-48,71,75H,6-7,9,11-13,15,18,21,24,28,31,34,37,40,43,46,49-70H2,1-5H3/b10-8-,16-14-,19-17-,22-20-,25-23-,27-26-,30-29-,33-32-,36-35-,39-38-,42-41-,45-44-,48-47-. The van der Waals surface area contributed by atoms with Gasteiger partial charge in [-0.25, -0.2) is 0 Å². The summed E-state index contributed by atoms with van der Waals surface area (Å²) in [5.41, 5.74) is 0. The third-order valence-corrected chi connectivity index (χ3v) is 13.5. The lowest BCUT2D eigenvalue weighted by Gasteiger charge is -2.26. The number of hydrogen-bond donors (Lipinski definition) is 0. The van der Waals surface area contributed by atoms with E-state index in [2.05, 4.69) is 172 Å². The zero-order valence-electron chi connectivity index (χ0n) is 54.0. The molecule has 0 aliphatic rings. The fourth-order valence-electron chi connectivity index (χ4n) is 8.45. The van der Waals surface area contributed by atoms with Gasteiger partial charge in [-0.05, 0) is 128 Å². The number of allylic oxidation sites excluding steroid dienone is 26. The van der Waals surface area contributed by atoms with Crippen molar-refractivity contribution in [3.63, 3.8) is 0 Å². The second kappa shape index (κ2) is 63.9. The summed E-state index contributed by atoms with van der Waals surface area (Å²) in [5, 5.41) is 11.8. The van der Waals surface area contributed by atoms with Crippen molar-refractivity contribution in [2.75, 3.05) is 47.5 Å². The van der Waals surface area contributed by atoms with Gasteiger partial charge in [-0.15, -0.1) is 0 Å². The van der Waals surface area contributed by atoms with E-state index in [0.717, 1.165) is 135 Å². The fourth-order valence-corrected chi connectivity index (χ4v) is 8.45. The number of aliphatic carboxylic acids is 1. The molecular formula is C75H121NO8. The predicted molar refractivity (Wildman–Crippen MR) is 356 cm³/mol. The Morgan fingerprint density at radius 2 is 0.679 bits per heavy atom. The Morgan fingerprint density at radius 3 is 1.01 bits per heavy atom. The number of quaternary nitrogens is 1. The van der Waals surface area contributed by atoms with Crippen LogP contribution in [0, 0.1) is 0 Å². The minimum absolute atomic E-state index is 0.136. The largest absolute Gasteiger partial charge is 0.545 e. The molecule has 84 heavy (non-hydrogen) atoms. The van der Waals surface area contributed by atoms with Crippen LogP contribution in [-0.4, -0.2) is 82.3 Å². The van der Waals surface area contributed by atoms with Gasteiger partial charge < -0.3 is 33.3 Å². The molecule has 0 aliphatic heterocycles. The summed E-state index contributed by atoms with van der Waals surface area (Å²) < 4.78 is 22.7. The minimum Gasteiger partial charge on any atom is -0.545 e. The molecular weight excluding hydrogens is 1040 g/mol. The summed E-state index contributed by atoms with van der Waals surface area (Å²) in [5.74, 6) is -2.32. The number of hydrogen-bond acceptors (Lipinski definition) is 8. The topological polar surface area (TPSA) is 111 Å². The molecule has 0 aliphatic carbocycles. The minimum atomic E-state index is -1.64. The first-order valence-electron chi connectivity index (χ1n) is 33.1. The SMILES string of the molecule is CC/C=C\C/C=C\C/C=C\C/C=C\C/C=C\C/C=C\C/C=C\C/C=C\C/C=C\C/C=C\C/C=C\CCCCCCCCCC(=O)OC(COC(=O)CCCCCCCCC/C=C\C/C=C\CCCCCC)COC(OCC[N+](C)(C)C)C(=O)[O-]. The molecule has 474 valence electrons. The second-order valence-electron chi connectivity index (χ2n) is 22.7. The predicted octanol–water partition coefficient (Wildman–Crippen LogP) is 19.2. The zero-order valence-corrected chi connectivity index (χ0v) is 54.0. The van der Waals surface area contributed by atoms with Crippen molar-refractivity contribution in [1.82, 2.24) is 0 Å². The number of ether oxygens (including phenoxy) is 4. The molecule has 9 nitrogen and oxygen atoms in total. The number of carboxylic acids is 1. The molecule has 0 N–H and O–H groups in total. The molecule has 0 spiro atoms. The zero-order chi connectivity index (χ0) is 61.2. The Labute approximate surface area is 514 Å². The van der Waals surface area contributed by atoms with Crippen molar-refractivity contribution in [1.29, 1.82) is 0 Å². The Bertz CT molecular complexity index is 1930. The summed E-state index contributed by atoms with van der Waals surface area (Å²) in [7, 11) is 5.91. The lowest BCUT2D eigenvalue weighted by atomic mass is 10.1. The van der Waals surface area contributed by atoms with Crippen molar-refractivity contribution in [2.45, 2.75) is 251 Å². The Balaban J connectivity index is 4.21. The lowest BCUT2D eigenvalue weighted by Crippen LogP contribution is -2.44. The first-order valence-corrected chi connectivity index (χ1v) is 33.1. The molecule has 0 rings (SSSR count). The van der Waals surface area contributed by atoms with E-state index in [1.165, 1.54) is 70.6 Å².